The number of phenolic OH excluding ortho intramolecular Hbond substituents is 1. The molecular formula is C56H51N3O2. The second-order valence-electron chi connectivity index (χ2n) is 17.9. The van der Waals surface area contributed by atoms with Crippen LogP contribution in [0.4, 0.5) is 17.1 Å². The molecule has 2 heterocycles. The van der Waals surface area contributed by atoms with Crippen molar-refractivity contribution in [3.63, 3.8) is 0 Å². The SMILES string of the molecule is CC(C)c1cc(-c2cc(N(c3ccccc3)c3ccccc3)cc3oc(-c4cc(C(C)(C)C)ccc4O)nc23)cc(-c2cccc3c(C(C)(C)c4ccccc4)ccnc23)c1. The molecule has 0 amide bonds. The zero-order valence-corrected chi connectivity index (χ0v) is 35.9. The van der Waals surface area contributed by atoms with E-state index in [2.05, 4.69) is 187 Å². The van der Waals surface area contributed by atoms with Crippen LogP contribution in [0.1, 0.15) is 76.6 Å². The number of pyridine rings is 1. The van der Waals surface area contributed by atoms with Gasteiger partial charge in [0.25, 0.3) is 0 Å². The highest BCUT2D eigenvalue weighted by molar-refractivity contribution is 6.00. The smallest absolute Gasteiger partial charge is 0.231 e. The van der Waals surface area contributed by atoms with Crippen LogP contribution in [-0.2, 0) is 10.8 Å². The highest BCUT2D eigenvalue weighted by Crippen LogP contribution is 2.45. The van der Waals surface area contributed by atoms with Crippen molar-refractivity contribution in [2.45, 2.75) is 65.2 Å². The molecule has 0 bridgehead atoms. The molecule has 0 saturated heterocycles. The summed E-state index contributed by atoms with van der Waals surface area (Å²) in [7, 11) is 0. The molecule has 0 spiro atoms. The molecule has 0 aliphatic rings. The lowest BCUT2D eigenvalue weighted by Crippen LogP contribution is -2.19. The molecule has 5 nitrogen and oxygen atoms in total. The number of nitrogens with zero attached hydrogens (tertiary/aromatic N) is 3. The molecule has 0 fully saturated rings. The summed E-state index contributed by atoms with van der Waals surface area (Å²) >= 11 is 0. The summed E-state index contributed by atoms with van der Waals surface area (Å²) in [5, 5.41) is 12.4. The van der Waals surface area contributed by atoms with Crippen molar-refractivity contribution in [3.05, 3.63) is 192 Å². The summed E-state index contributed by atoms with van der Waals surface area (Å²) in [4.78, 5) is 12.5. The van der Waals surface area contributed by atoms with E-state index in [0.29, 0.717) is 17.0 Å². The first kappa shape index (κ1) is 39.5. The molecule has 0 unspecified atom stereocenters. The van der Waals surface area contributed by atoms with Crippen molar-refractivity contribution < 1.29 is 9.52 Å². The fraction of sp³-hybridized carbons (Fsp3) is 0.179. The first-order chi connectivity index (χ1) is 29.4. The zero-order chi connectivity index (χ0) is 42.5. The van der Waals surface area contributed by atoms with E-state index in [1.54, 1.807) is 6.07 Å². The van der Waals surface area contributed by atoms with E-state index in [0.717, 1.165) is 61.3 Å². The van der Waals surface area contributed by atoms with E-state index in [1.807, 2.05) is 30.5 Å². The van der Waals surface area contributed by atoms with Crippen LogP contribution in [0.25, 0.3) is 55.7 Å². The van der Waals surface area contributed by atoms with Gasteiger partial charge in [0.15, 0.2) is 5.58 Å². The Kier molecular flexibility index (Phi) is 10.1. The van der Waals surface area contributed by atoms with Gasteiger partial charge in [0, 0.05) is 45.6 Å². The third-order valence-electron chi connectivity index (χ3n) is 12.0. The first-order valence-electron chi connectivity index (χ1n) is 21.1. The third kappa shape index (κ3) is 7.46. The van der Waals surface area contributed by atoms with E-state index in [4.69, 9.17) is 14.4 Å². The van der Waals surface area contributed by atoms with Crippen LogP contribution in [0.3, 0.4) is 0 Å². The van der Waals surface area contributed by atoms with Crippen molar-refractivity contribution in [2.75, 3.05) is 4.90 Å². The summed E-state index contributed by atoms with van der Waals surface area (Å²) in [5.74, 6) is 0.733. The van der Waals surface area contributed by atoms with Gasteiger partial charge in [0.05, 0.1) is 16.8 Å². The fourth-order valence-corrected chi connectivity index (χ4v) is 8.51. The number of benzene rings is 7. The molecule has 0 aliphatic carbocycles. The number of aromatic hydroxyl groups is 1. The van der Waals surface area contributed by atoms with Crippen LogP contribution < -0.4 is 4.90 Å². The summed E-state index contributed by atoms with van der Waals surface area (Å²) in [6, 6.07) is 57.1. The number of hydrogen-bond donors (Lipinski definition) is 1. The Morgan fingerprint density at radius 1 is 0.557 bits per heavy atom. The largest absolute Gasteiger partial charge is 0.507 e. The fourth-order valence-electron chi connectivity index (χ4n) is 8.51. The van der Waals surface area contributed by atoms with Gasteiger partial charge in [-0.25, -0.2) is 4.98 Å². The van der Waals surface area contributed by atoms with Crippen LogP contribution in [0.2, 0.25) is 0 Å². The van der Waals surface area contributed by atoms with Crippen molar-refractivity contribution in [1.82, 2.24) is 9.97 Å². The molecule has 1 N–H and O–H groups in total. The predicted molar refractivity (Wildman–Crippen MR) is 253 cm³/mol. The van der Waals surface area contributed by atoms with E-state index >= 15 is 0 Å². The van der Waals surface area contributed by atoms with Gasteiger partial charge < -0.3 is 14.4 Å². The standard InChI is InChI=1S/C56H51N3O2/c1-36(2)37-30-38(45-24-17-25-46-49(28-29-57-52(45)46)56(6,7)40-18-11-8-12-19-40)32-39(31-37)47-34-44(59(42-20-13-9-14-21-42)43-22-15-10-16-23-43)35-51-53(47)58-54(61-51)48-33-41(55(3,4)5)26-27-50(48)60/h8-36,60H,1-7H3. The average molecular weight is 798 g/mol. The summed E-state index contributed by atoms with van der Waals surface area (Å²) in [6.07, 6.45) is 1.95. The van der Waals surface area contributed by atoms with E-state index < -0.39 is 0 Å². The minimum atomic E-state index is -0.243. The van der Waals surface area contributed by atoms with E-state index in [-0.39, 0.29) is 22.5 Å². The lowest BCUT2D eigenvalue weighted by Gasteiger charge is -2.28. The maximum absolute atomic E-state index is 11.3. The van der Waals surface area contributed by atoms with Gasteiger partial charge in [-0.1, -0.05) is 152 Å². The monoisotopic (exact) mass is 797 g/mol. The quantitative estimate of drug-likeness (QED) is 0.158. The third-order valence-corrected chi connectivity index (χ3v) is 12.0. The lowest BCUT2D eigenvalue weighted by atomic mass is 9.76. The highest BCUT2D eigenvalue weighted by Gasteiger charge is 2.27. The number of rotatable bonds is 9. The Morgan fingerprint density at radius 3 is 1.84 bits per heavy atom. The maximum Gasteiger partial charge on any atom is 0.231 e. The van der Waals surface area contributed by atoms with Gasteiger partial charge >= 0.3 is 0 Å². The molecule has 5 heteroatoms. The molecule has 0 saturated carbocycles. The van der Waals surface area contributed by atoms with Crippen LogP contribution in [0.15, 0.2) is 174 Å². The molecule has 302 valence electrons. The molecule has 0 radical (unpaired) electrons. The number of oxazole rings is 1. The topological polar surface area (TPSA) is 62.4 Å². The van der Waals surface area contributed by atoms with Gasteiger partial charge in [-0.05, 0) is 99.3 Å². The minimum Gasteiger partial charge on any atom is -0.507 e. The Hall–Kier alpha value is -6.98. The second kappa shape index (κ2) is 15.6. The Balaban J connectivity index is 1.30. The number of aromatic nitrogens is 2. The summed E-state index contributed by atoms with van der Waals surface area (Å²) in [5.41, 5.74) is 14.3. The first-order valence-corrected chi connectivity index (χ1v) is 21.1. The molecule has 61 heavy (non-hydrogen) atoms. The van der Waals surface area contributed by atoms with Gasteiger partial charge in [-0.15, -0.1) is 0 Å². The number of fused-ring (bicyclic) bond motifs is 2. The van der Waals surface area contributed by atoms with E-state index in [1.165, 1.54) is 16.7 Å². The van der Waals surface area contributed by atoms with Gasteiger partial charge in [-0.3, -0.25) is 4.98 Å². The number of para-hydroxylation sites is 3. The Morgan fingerprint density at radius 2 is 1.20 bits per heavy atom. The number of phenols is 1. The molecule has 2 aromatic heterocycles. The van der Waals surface area contributed by atoms with Crippen molar-refractivity contribution in [2.24, 2.45) is 0 Å². The average Bonchev–Trinajstić information content (AvgIpc) is 3.70. The number of hydrogen-bond acceptors (Lipinski definition) is 5. The Bertz CT molecular complexity index is 2980. The molecule has 9 aromatic rings. The molecule has 7 aromatic carbocycles. The van der Waals surface area contributed by atoms with Crippen molar-refractivity contribution in [3.8, 4) is 39.5 Å². The van der Waals surface area contributed by atoms with Gasteiger partial charge in [0.2, 0.25) is 5.89 Å². The lowest BCUT2D eigenvalue weighted by molar-refractivity contribution is 0.473. The molecule has 0 atom stereocenters. The van der Waals surface area contributed by atoms with Crippen molar-refractivity contribution in [1.29, 1.82) is 0 Å². The molecular weight excluding hydrogens is 747 g/mol. The highest BCUT2D eigenvalue weighted by atomic mass is 16.3. The van der Waals surface area contributed by atoms with Crippen LogP contribution in [0.5, 0.6) is 5.75 Å². The van der Waals surface area contributed by atoms with Gasteiger partial charge in [0.1, 0.15) is 11.3 Å². The predicted octanol–water partition coefficient (Wildman–Crippen LogP) is 15.3. The second-order valence-corrected chi connectivity index (χ2v) is 17.9. The van der Waals surface area contributed by atoms with Crippen molar-refractivity contribution >= 4 is 39.1 Å². The normalized spacial score (nSPS) is 12.1. The zero-order valence-electron chi connectivity index (χ0n) is 35.9. The maximum atomic E-state index is 11.3. The van der Waals surface area contributed by atoms with Crippen LogP contribution >= 0.6 is 0 Å². The Labute approximate surface area is 359 Å². The van der Waals surface area contributed by atoms with E-state index in [9.17, 15) is 5.11 Å². The van der Waals surface area contributed by atoms with Crippen LogP contribution in [-0.4, -0.2) is 15.1 Å². The molecule has 0 aliphatic heterocycles. The van der Waals surface area contributed by atoms with Gasteiger partial charge in [-0.2, -0.15) is 0 Å². The van der Waals surface area contributed by atoms with Crippen LogP contribution in [0, 0.1) is 0 Å². The minimum absolute atomic E-state index is 0.124. The summed E-state index contributed by atoms with van der Waals surface area (Å²) < 4.78 is 6.75. The number of anilines is 3. The molecule has 9 rings (SSSR count). The summed E-state index contributed by atoms with van der Waals surface area (Å²) in [6.45, 7) is 15.5.